The lowest BCUT2D eigenvalue weighted by atomic mass is 10.2. The van der Waals surface area contributed by atoms with Crippen molar-refractivity contribution in [3.05, 3.63) is 54.4 Å². The van der Waals surface area contributed by atoms with Gasteiger partial charge in [-0.15, -0.1) is 11.6 Å². The van der Waals surface area contributed by atoms with E-state index in [1.54, 1.807) is 6.20 Å². The molecule has 0 saturated heterocycles. The molecule has 0 saturated carbocycles. The molecule has 0 bridgehead atoms. The zero-order chi connectivity index (χ0) is 11.7. The molecule has 1 aromatic carbocycles. The highest BCUT2D eigenvalue weighted by molar-refractivity contribution is 6.17. The molecule has 0 amide bonds. The number of aromatic nitrogens is 3. The Morgan fingerprint density at radius 1 is 1.18 bits per heavy atom. The molecule has 0 radical (unpaired) electrons. The fourth-order valence-corrected chi connectivity index (χ4v) is 1.98. The van der Waals surface area contributed by atoms with Gasteiger partial charge in [0.15, 0.2) is 5.82 Å². The second-order valence-electron chi connectivity index (χ2n) is 3.77. The van der Waals surface area contributed by atoms with E-state index in [1.165, 1.54) is 0 Å². The average molecular weight is 244 g/mol. The van der Waals surface area contributed by atoms with Crippen LogP contribution in [0.3, 0.4) is 0 Å². The molecular weight excluding hydrogens is 234 g/mol. The Morgan fingerprint density at radius 3 is 2.94 bits per heavy atom. The lowest BCUT2D eigenvalue weighted by Crippen LogP contribution is -1.99. The number of rotatable bonds is 2. The monoisotopic (exact) mass is 243 g/mol. The van der Waals surface area contributed by atoms with Gasteiger partial charge in [-0.05, 0) is 23.8 Å². The highest BCUT2D eigenvalue weighted by atomic mass is 35.5. The van der Waals surface area contributed by atoms with Crippen molar-refractivity contribution < 1.29 is 0 Å². The molecule has 2 heterocycles. The first-order valence-corrected chi connectivity index (χ1v) is 5.86. The largest absolute Gasteiger partial charge is 0.237 e. The smallest absolute Gasteiger partial charge is 0.154 e. The Morgan fingerprint density at radius 2 is 2.06 bits per heavy atom. The number of fused-ring (bicyclic) bond motifs is 1. The second kappa shape index (κ2) is 4.18. The molecule has 2 aromatic heterocycles. The van der Waals surface area contributed by atoms with Gasteiger partial charge in [0.05, 0.1) is 11.7 Å². The predicted octanol–water partition coefficient (Wildman–Crippen LogP) is 3.16. The fraction of sp³-hybridized carbons (Fsp3) is 0.0769. The van der Waals surface area contributed by atoms with E-state index in [1.807, 2.05) is 47.3 Å². The maximum Gasteiger partial charge on any atom is 0.154 e. The van der Waals surface area contributed by atoms with E-state index in [2.05, 4.69) is 10.1 Å². The molecule has 3 rings (SSSR count). The van der Waals surface area contributed by atoms with E-state index in [9.17, 15) is 0 Å². The van der Waals surface area contributed by atoms with Crippen molar-refractivity contribution in [3.63, 3.8) is 0 Å². The molecule has 0 aliphatic heterocycles. The summed E-state index contributed by atoms with van der Waals surface area (Å²) in [5, 5.41) is 5.45. The molecule has 84 valence electrons. The van der Waals surface area contributed by atoms with Gasteiger partial charge < -0.3 is 0 Å². The lowest BCUT2D eigenvalue weighted by molar-refractivity contribution is 0.872. The van der Waals surface area contributed by atoms with Crippen molar-refractivity contribution in [1.82, 2.24) is 14.8 Å². The standard InChI is InChI=1S/C13H10ClN3/c14-8-10-5-6-15-13(7-10)17-12-4-2-1-3-11(12)9-16-17/h1-7,9H,8H2. The molecule has 0 N–H and O–H groups in total. The quantitative estimate of drug-likeness (QED) is 0.648. The summed E-state index contributed by atoms with van der Waals surface area (Å²) in [7, 11) is 0. The van der Waals surface area contributed by atoms with Crippen LogP contribution in [0.15, 0.2) is 48.8 Å². The third-order valence-corrected chi connectivity index (χ3v) is 2.97. The van der Waals surface area contributed by atoms with E-state index in [-0.39, 0.29) is 0 Å². The van der Waals surface area contributed by atoms with E-state index in [4.69, 9.17) is 11.6 Å². The van der Waals surface area contributed by atoms with Gasteiger partial charge in [-0.3, -0.25) is 0 Å². The summed E-state index contributed by atoms with van der Waals surface area (Å²) in [6, 6.07) is 11.9. The Labute approximate surface area is 104 Å². The highest BCUT2D eigenvalue weighted by Gasteiger charge is 2.05. The minimum atomic E-state index is 0.481. The van der Waals surface area contributed by atoms with Crippen molar-refractivity contribution in [2.75, 3.05) is 0 Å². The molecule has 0 fully saturated rings. The van der Waals surface area contributed by atoms with Crippen molar-refractivity contribution >= 4 is 22.5 Å². The van der Waals surface area contributed by atoms with Crippen LogP contribution in [0.25, 0.3) is 16.7 Å². The number of benzene rings is 1. The van der Waals surface area contributed by atoms with Gasteiger partial charge in [-0.2, -0.15) is 5.10 Å². The molecular formula is C13H10ClN3. The zero-order valence-corrected chi connectivity index (χ0v) is 9.80. The van der Waals surface area contributed by atoms with Crippen LogP contribution in [0.1, 0.15) is 5.56 Å². The molecule has 0 aliphatic carbocycles. The van der Waals surface area contributed by atoms with Gasteiger partial charge >= 0.3 is 0 Å². The topological polar surface area (TPSA) is 30.7 Å². The summed E-state index contributed by atoms with van der Waals surface area (Å²) < 4.78 is 1.82. The SMILES string of the molecule is ClCc1ccnc(-n2ncc3ccccc32)c1. The van der Waals surface area contributed by atoms with Crippen LogP contribution in [-0.2, 0) is 5.88 Å². The number of hydrogen-bond donors (Lipinski definition) is 0. The Balaban J connectivity index is 2.20. The van der Waals surface area contributed by atoms with Crippen LogP contribution in [0.5, 0.6) is 0 Å². The Kier molecular flexibility index (Phi) is 2.53. The van der Waals surface area contributed by atoms with Crippen molar-refractivity contribution in [3.8, 4) is 5.82 Å². The van der Waals surface area contributed by atoms with Gasteiger partial charge in [-0.25, -0.2) is 9.67 Å². The second-order valence-corrected chi connectivity index (χ2v) is 4.04. The van der Waals surface area contributed by atoms with E-state index >= 15 is 0 Å². The minimum Gasteiger partial charge on any atom is -0.237 e. The van der Waals surface area contributed by atoms with Crippen LogP contribution in [0, 0.1) is 0 Å². The number of para-hydroxylation sites is 1. The van der Waals surface area contributed by atoms with Crippen molar-refractivity contribution in [2.45, 2.75) is 5.88 Å². The molecule has 17 heavy (non-hydrogen) atoms. The van der Waals surface area contributed by atoms with Gasteiger partial charge in [0.2, 0.25) is 0 Å². The summed E-state index contributed by atoms with van der Waals surface area (Å²) >= 11 is 5.82. The molecule has 3 nitrogen and oxygen atoms in total. The molecule has 0 unspecified atom stereocenters. The van der Waals surface area contributed by atoms with Crippen LogP contribution in [0.4, 0.5) is 0 Å². The van der Waals surface area contributed by atoms with Crippen LogP contribution < -0.4 is 0 Å². The van der Waals surface area contributed by atoms with Crippen LogP contribution in [-0.4, -0.2) is 14.8 Å². The summed E-state index contributed by atoms with van der Waals surface area (Å²) in [6.45, 7) is 0. The van der Waals surface area contributed by atoms with Gasteiger partial charge in [0.25, 0.3) is 0 Å². The number of nitrogens with zero attached hydrogens (tertiary/aromatic N) is 3. The lowest BCUT2D eigenvalue weighted by Gasteiger charge is -2.03. The van der Waals surface area contributed by atoms with Crippen molar-refractivity contribution in [1.29, 1.82) is 0 Å². The molecule has 0 aliphatic rings. The third kappa shape index (κ3) is 1.78. The Hall–Kier alpha value is -1.87. The number of halogens is 1. The molecule has 0 atom stereocenters. The molecule has 4 heteroatoms. The Bertz CT molecular complexity index is 660. The maximum absolute atomic E-state index is 5.82. The first kappa shape index (κ1) is 10.3. The van der Waals surface area contributed by atoms with E-state index in [0.29, 0.717) is 5.88 Å². The molecule has 3 aromatic rings. The number of pyridine rings is 1. The number of alkyl halides is 1. The molecule has 0 spiro atoms. The van der Waals surface area contributed by atoms with Crippen LogP contribution in [0.2, 0.25) is 0 Å². The maximum atomic E-state index is 5.82. The van der Waals surface area contributed by atoms with E-state index in [0.717, 1.165) is 22.3 Å². The number of hydrogen-bond acceptors (Lipinski definition) is 2. The van der Waals surface area contributed by atoms with Gasteiger partial charge in [0, 0.05) is 17.5 Å². The summed E-state index contributed by atoms with van der Waals surface area (Å²) in [5.74, 6) is 1.28. The fourth-order valence-electron chi connectivity index (χ4n) is 1.81. The van der Waals surface area contributed by atoms with Gasteiger partial charge in [-0.1, -0.05) is 18.2 Å². The van der Waals surface area contributed by atoms with Gasteiger partial charge in [0.1, 0.15) is 0 Å². The summed E-state index contributed by atoms with van der Waals surface area (Å²) in [5.41, 5.74) is 2.09. The normalized spacial score (nSPS) is 10.9. The predicted molar refractivity (Wildman–Crippen MR) is 68.4 cm³/mol. The average Bonchev–Trinajstić information content (AvgIpc) is 2.82. The summed E-state index contributed by atoms with van der Waals surface area (Å²) in [4.78, 5) is 4.32. The van der Waals surface area contributed by atoms with E-state index < -0.39 is 0 Å². The first-order chi connectivity index (χ1) is 8.38. The summed E-state index contributed by atoms with van der Waals surface area (Å²) in [6.07, 6.45) is 3.59. The third-order valence-electron chi connectivity index (χ3n) is 2.66. The van der Waals surface area contributed by atoms with Crippen molar-refractivity contribution in [2.24, 2.45) is 0 Å². The van der Waals surface area contributed by atoms with Crippen LogP contribution >= 0.6 is 11.6 Å². The highest BCUT2D eigenvalue weighted by Crippen LogP contribution is 2.17. The minimum absolute atomic E-state index is 0.481. The first-order valence-electron chi connectivity index (χ1n) is 5.32. The zero-order valence-electron chi connectivity index (χ0n) is 9.05.